The van der Waals surface area contributed by atoms with Gasteiger partial charge < -0.3 is 15.1 Å². The van der Waals surface area contributed by atoms with Crippen LogP contribution in [-0.2, 0) is 0 Å². The molecule has 2 rings (SSSR count). The summed E-state index contributed by atoms with van der Waals surface area (Å²) in [4.78, 5) is 4.86. The van der Waals surface area contributed by atoms with E-state index in [2.05, 4.69) is 68.2 Å². The lowest BCUT2D eigenvalue weighted by Crippen LogP contribution is -2.58. The van der Waals surface area contributed by atoms with Gasteiger partial charge in [0, 0.05) is 31.4 Å². The number of anilines is 1. The minimum atomic E-state index is 0.549. The minimum Gasteiger partial charge on any atom is -0.364 e. The Morgan fingerprint density at radius 1 is 1.32 bits per heavy atom. The van der Waals surface area contributed by atoms with Gasteiger partial charge in [-0.3, -0.25) is 0 Å². The Bertz CT molecular complexity index is 428. The summed E-state index contributed by atoms with van der Waals surface area (Å²) in [7, 11) is 4.30. The average Bonchev–Trinajstić information content (AvgIpc) is 2.31. The monoisotopic (exact) mass is 261 g/mol. The highest BCUT2D eigenvalue weighted by molar-refractivity contribution is 5.56. The summed E-state index contributed by atoms with van der Waals surface area (Å²) < 4.78 is 0. The van der Waals surface area contributed by atoms with E-state index in [1.165, 1.54) is 16.8 Å². The van der Waals surface area contributed by atoms with Crippen molar-refractivity contribution in [2.24, 2.45) is 0 Å². The van der Waals surface area contributed by atoms with Gasteiger partial charge in [0.05, 0.1) is 6.04 Å². The van der Waals surface area contributed by atoms with E-state index in [4.69, 9.17) is 0 Å². The zero-order valence-electron chi connectivity index (χ0n) is 12.9. The fourth-order valence-electron chi connectivity index (χ4n) is 2.96. The highest BCUT2D eigenvalue weighted by atomic mass is 15.3. The predicted molar refractivity (Wildman–Crippen MR) is 83.1 cm³/mol. The Hall–Kier alpha value is -1.06. The van der Waals surface area contributed by atoms with Crippen molar-refractivity contribution in [1.29, 1.82) is 0 Å². The van der Waals surface area contributed by atoms with Crippen LogP contribution in [-0.4, -0.2) is 50.7 Å². The Morgan fingerprint density at radius 2 is 2.05 bits per heavy atom. The molecule has 0 radical (unpaired) electrons. The lowest BCUT2D eigenvalue weighted by atomic mass is 10.0. The molecule has 3 nitrogen and oxygen atoms in total. The molecular weight excluding hydrogens is 234 g/mol. The number of benzene rings is 1. The Labute approximate surface area is 117 Å². The molecule has 0 spiro atoms. The zero-order valence-corrected chi connectivity index (χ0v) is 12.9. The van der Waals surface area contributed by atoms with Crippen molar-refractivity contribution in [3.05, 3.63) is 29.3 Å². The van der Waals surface area contributed by atoms with Crippen molar-refractivity contribution in [3.63, 3.8) is 0 Å². The first-order valence-corrected chi connectivity index (χ1v) is 7.19. The van der Waals surface area contributed by atoms with Crippen LogP contribution in [0.2, 0.25) is 0 Å². The molecule has 2 unspecified atom stereocenters. The van der Waals surface area contributed by atoms with Crippen molar-refractivity contribution in [2.45, 2.75) is 32.9 Å². The largest absolute Gasteiger partial charge is 0.364 e. The fraction of sp³-hybridized carbons (Fsp3) is 0.625. The molecule has 1 N–H and O–H groups in total. The van der Waals surface area contributed by atoms with E-state index in [-0.39, 0.29) is 0 Å². The van der Waals surface area contributed by atoms with Gasteiger partial charge in [-0.2, -0.15) is 0 Å². The van der Waals surface area contributed by atoms with Crippen molar-refractivity contribution in [1.82, 2.24) is 10.2 Å². The van der Waals surface area contributed by atoms with Crippen LogP contribution in [0.1, 0.15) is 18.1 Å². The lowest BCUT2D eigenvalue weighted by molar-refractivity contribution is 0.316. The summed E-state index contributed by atoms with van der Waals surface area (Å²) in [6.45, 7) is 9.89. The summed E-state index contributed by atoms with van der Waals surface area (Å²) in [5.74, 6) is 0. The third-order valence-electron chi connectivity index (χ3n) is 3.85. The molecule has 1 aliphatic heterocycles. The van der Waals surface area contributed by atoms with Gasteiger partial charge in [-0.05, 0) is 46.5 Å². The molecule has 1 heterocycles. The molecular formula is C16H27N3. The maximum absolute atomic E-state index is 3.60. The van der Waals surface area contributed by atoms with Crippen molar-refractivity contribution < 1.29 is 0 Å². The molecule has 1 aromatic carbocycles. The second-order valence-corrected chi connectivity index (χ2v) is 6.17. The van der Waals surface area contributed by atoms with Gasteiger partial charge in [0.1, 0.15) is 0 Å². The van der Waals surface area contributed by atoms with Gasteiger partial charge >= 0.3 is 0 Å². The van der Waals surface area contributed by atoms with E-state index in [0.717, 1.165) is 19.6 Å². The summed E-state index contributed by atoms with van der Waals surface area (Å²) in [6, 6.07) is 7.90. The number of aryl methyl sites for hydroxylation is 2. The zero-order chi connectivity index (χ0) is 14.0. The summed E-state index contributed by atoms with van der Waals surface area (Å²) in [6.07, 6.45) is 0. The van der Waals surface area contributed by atoms with Gasteiger partial charge in [0.2, 0.25) is 0 Å². The SMILES string of the molecule is Cc1ccc(N2CC(C)NCC2CN(C)C)c(C)c1. The first kappa shape index (κ1) is 14.4. The van der Waals surface area contributed by atoms with E-state index in [1.807, 2.05) is 0 Å². The Kier molecular flexibility index (Phi) is 4.48. The second-order valence-electron chi connectivity index (χ2n) is 6.17. The Morgan fingerprint density at radius 3 is 2.68 bits per heavy atom. The molecule has 0 aliphatic carbocycles. The van der Waals surface area contributed by atoms with Crippen molar-refractivity contribution in [3.8, 4) is 0 Å². The van der Waals surface area contributed by atoms with Gasteiger partial charge in [-0.1, -0.05) is 17.7 Å². The van der Waals surface area contributed by atoms with Crippen LogP contribution < -0.4 is 10.2 Å². The molecule has 3 heteroatoms. The molecule has 1 aromatic rings. The third kappa shape index (κ3) is 3.48. The van der Waals surface area contributed by atoms with Crippen LogP contribution in [0.3, 0.4) is 0 Å². The minimum absolute atomic E-state index is 0.549. The maximum atomic E-state index is 3.60. The molecule has 0 saturated carbocycles. The molecule has 2 atom stereocenters. The normalized spacial score (nSPS) is 24.0. The first-order chi connectivity index (χ1) is 8.97. The van der Waals surface area contributed by atoms with E-state index >= 15 is 0 Å². The second kappa shape index (κ2) is 5.93. The molecule has 1 fully saturated rings. The van der Waals surface area contributed by atoms with Crippen molar-refractivity contribution in [2.75, 3.05) is 38.6 Å². The molecule has 1 saturated heterocycles. The van der Waals surface area contributed by atoms with Gasteiger partial charge in [-0.25, -0.2) is 0 Å². The van der Waals surface area contributed by atoms with Crippen LogP contribution in [0.15, 0.2) is 18.2 Å². The summed E-state index contributed by atoms with van der Waals surface area (Å²) in [5.41, 5.74) is 4.12. The molecule has 0 bridgehead atoms. The summed E-state index contributed by atoms with van der Waals surface area (Å²) in [5, 5.41) is 3.60. The predicted octanol–water partition coefficient (Wildman–Crippen LogP) is 2.03. The topological polar surface area (TPSA) is 18.5 Å². The standard InChI is InChI=1S/C16H27N3/c1-12-6-7-16(13(2)8-12)19-10-14(3)17-9-15(19)11-18(4)5/h6-8,14-15,17H,9-11H2,1-5H3. The van der Waals surface area contributed by atoms with Crippen molar-refractivity contribution >= 4 is 5.69 Å². The maximum Gasteiger partial charge on any atom is 0.0542 e. The van der Waals surface area contributed by atoms with Crippen LogP contribution in [0.25, 0.3) is 0 Å². The van der Waals surface area contributed by atoms with Crippen LogP contribution in [0.4, 0.5) is 5.69 Å². The molecule has 19 heavy (non-hydrogen) atoms. The highest BCUT2D eigenvalue weighted by Crippen LogP contribution is 2.25. The van der Waals surface area contributed by atoms with E-state index in [9.17, 15) is 0 Å². The molecule has 0 amide bonds. The van der Waals surface area contributed by atoms with E-state index < -0.39 is 0 Å². The van der Waals surface area contributed by atoms with Gasteiger partial charge in [0.15, 0.2) is 0 Å². The van der Waals surface area contributed by atoms with Crippen LogP contribution >= 0.6 is 0 Å². The van der Waals surface area contributed by atoms with E-state index in [1.54, 1.807) is 0 Å². The fourth-order valence-corrected chi connectivity index (χ4v) is 2.96. The molecule has 106 valence electrons. The lowest BCUT2D eigenvalue weighted by Gasteiger charge is -2.42. The number of nitrogens with zero attached hydrogens (tertiary/aromatic N) is 2. The average molecular weight is 261 g/mol. The highest BCUT2D eigenvalue weighted by Gasteiger charge is 2.27. The third-order valence-corrected chi connectivity index (χ3v) is 3.85. The summed E-state index contributed by atoms with van der Waals surface area (Å²) >= 11 is 0. The quantitative estimate of drug-likeness (QED) is 0.898. The smallest absolute Gasteiger partial charge is 0.0542 e. The number of nitrogens with one attached hydrogen (secondary N) is 1. The van der Waals surface area contributed by atoms with E-state index in [0.29, 0.717) is 12.1 Å². The van der Waals surface area contributed by atoms with Gasteiger partial charge in [-0.15, -0.1) is 0 Å². The van der Waals surface area contributed by atoms with Gasteiger partial charge in [0.25, 0.3) is 0 Å². The molecule has 0 aromatic heterocycles. The number of hydrogen-bond acceptors (Lipinski definition) is 3. The number of likely N-dealkylation sites (N-methyl/N-ethyl adjacent to an activating group) is 1. The van der Waals surface area contributed by atoms with Crippen LogP contribution in [0, 0.1) is 13.8 Å². The first-order valence-electron chi connectivity index (χ1n) is 7.19. The number of hydrogen-bond donors (Lipinski definition) is 1. The number of piperazine rings is 1. The molecule has 1 aliphatic rings. The number of rotatable bonds is 3. The Balaban J connectivity index is 2.25. The van der Waals surface area contributed by atoms with Crippen LogP contribution in [0.5, 0.6) is 0 Å².